The minimum atomic E-state index is -1.25. The molecule has 0 aromatic rings. The Morgan fingerprint density at radius 3 is 2.28 bits per heavy atom. The topological polar surface area (TPSA) is 185 Å². The number of nitrogens with one attached hydrogen (secondary N) is 2. The SMILES string of the molecule is CC(C)C[C@H](N)C(=O)N[C@@H](CC(N)=O)C(=O)N1CCC[C@H]1C(=O)N[C@@H](C)C(=O)O. The van der Waals surface area contributed by atoms with Crippen molar-refractivity contribution in [1.82, 2.24) is 15.5 Å². The zero-order valence-electron chi connectivity index (χ0n) is 17.0. The summed E-state index contributed by atoms with van der Waals surface area (Å²) in [4.78, 5) is 61.3. The minimum Gasteiger partial charge on any atom is -0.480 e. The molecule has 164 valence electrons. The van der Waals surface area contributed by atoms with Gasteiger partial charge in [0.15, 0.2) is 0 Å². The zero-order chi connectivity index (χ0) is 22.3. The highest BCUT2D eigenvalue weighted by Crippen LogP contribution is 2.19. The fourth-order valence-electron chi connectivity index (χ4n) is 3.17. The first-order valence-electron chi connectivity index (χ1n) is 9.61. The van der Waals surface area contributed by atoms with Crippen molar-refractivity contribution in [1.29, 1.82) is 0 Å². The summed E-state index contributed by atoms with van der Waals surface area (Å²) in [6.07, 6.45) is 0.823. The van der Waals surface area contributed by atoms with E-state index in [0.717, 1.165) is 0 Å². The van der Waals surface area contributed by atoms with E-state index >= 15 is 0 Å². The second kappa shape index (κ2) is 10.7. The predicted octanol–water partition coefficient (Wildman–Crippen LogP) is -1.70. The monoisotopic (exact) mass is 413 g/mol. The van der Waals surface area contributed by atoms with E-state index in [9.17, 15) is 24.0 Å². The molecule has 4 amide bonds. The lowest BCUT2D eigenvalue weighted by molar-refractivity contribution is -0.145. The number of hydrogen-bond donors (Lipinski definition) is 5. The van der Waals surface area contributed by atoms with Gasteiger partial charge < -0.3 is 32.1 Å². The molecule has 11 heteroatoms. The summed E-state index contributed by atoms with van der Waals surface area (Å²) in [6, 6.07) is -4.10. The van der Waals surface area contributed by atoms with Gasteiger partial charge in [0.1, 0.15) is 18.1 Å². The Balaban J connectivity index is 2.91. The maximum absolute atomic E-state index is 13.0. The van der Waals surface area contributed by atoms with Crippen molar-refractivity contribution in [3.63, 3.8) is 0 Å². The number of carboxylic acid groups (broad SMARTS) is 1. The van der Waals surface area contributed by atoms with Crippen LogP contribution in [0, 0.1) is 5.92 Å². The number of primary amides is 1. The van der Waals surface area contributed by atoms with E-state index in [-0.39, 0.29) is 12.5 Å². The first-order valence-corrected chi connectivity index (χ1v) is 9.61. The number of nitrogens with two attached hydrogens (primary N) is 2. The minimum absolute atomic E-state index is 0.156. The molecule has 0 aliphatic carbocycles. The van der Waals surface area contributed by atoms with Gasteiger partial charge in [0.05, 0.1) is 12.5 Å². The summed E-state index contributed by atoms with van der Waals surface area (Å²) in [5.41, 5.74) is 11.1. The summed E-state index contributed by atoms with van der Waals surface area (Å²) < 4.78 is 0. The fraction of sp³-hybridized carbons (Fsp3) is 0.722. The Kier molecular flexibility index (Phi) is 9.02. The van der Waals surface area contributed by atoms with Crippen LogP contribution in [0.25, 0.3) is 0 Å². The predicted molar refractivity (Wildman–Crippen MR) is 103 cm³/mol. The Morgan fingerprint density at radius 1 is 1.14 bits per heavy atom. The average molecular weight is 413 g/mol. The Morgan fingerprint density at radius 2 is 1.76 bits per heavy atom. The van der Waals surface area contributed by atoms with Crippen molar-refractivity contribution in [3.05, 3.63) is 0 Å². The number of carbonyl (C=O) groups excluding carboxylic acids is 4. The van der Waals surface area contributed by atoms with E-state index in [1.807, 2.05) is 13.8 Å². The molecule has 29 heavy (non-hydrogen) atoms. The third kappa shape index (κ3) is 7.33. The van der Waals surface area contributed by atoms with E-state index in [0.29, 0.717) is 19.3 Å². The second-order valence-electron chi connectivity index (χ2n) is 7.73. The van der Waals surface area contributed by atoms with Gasteiger partial charge in [0.2, 0.25) is 23.6 Å². The molecule has 0 unspecified atom stereocenters. The molecule has 0 radical (unpaired) electrons. The Hall–Kier alpha value is -2.69. The van der Waals surface area contributed by atoms with Gasteiger partial charge in [-0.3, -0.25) is 24.0 Å². The summed E-state index contributed by atoms with van der Waals surface area (Å²) in [5, 5.41) is 13.7. The molecule has 1 aliphatic heterocycles. The molecular weight excluding hydrogens is 382 g/mol. The van der Waals surface area contributed by atoms with Crippen molar-refractivity contribution in [2.75, 3.05) is 6.54 Å². The lowest BCUT2D eigenvalue weighted by Gasteiger charge is -2.29. The van der Waals surface area contributed by atoms with Gasteiger partial charge >= 0.3 is 5.97 Å². The van der Waals surface area contributed by atoms with Gasteiger partial charge in [-0.2, -0.15) is 0 Å². The van der Waals surface area contributed by atoms with Gasteiger partial charge in [-0.15, -0.1) is 0 Å². The number of nitrogens with zero attached hydrogens (tertiary/aromatic N) is 1. The third-order valence-corrected chi connectivity index (χ3v) is 4.65. The van der Waals surface area contributed by atoms with Gasteiger partial charge in [-0.25, -0.2) is 0 Å². The van der Waals surface area contributed by atoms with Crippen LogP contribution in [0.5, 0.6) is 0 Å². The fourth-order valence-corrected chi connectivity index (χ4v) is 3.17. The number of aliphatic carboxylic acids is 1. The molecule has 4 atom stereocenters. The van der Waals surface area contributed by atoms with Gasteiger partial charge in [-0.1, -0.05) is 13.8 Å². The number of carboxylic acids is 1. The van der Waals surface area contributed by atoms with Crippen LogP contribution in [0.15, 0.2) is 0 Å². The van der Waals surface area contributed by atoms with Crippen LogP contribution in [0.1, 0.15) is 46.5 Å². The van der Waals surface area contributed by atoms with Crippen molar-refractivity contribution in [2.45, 2.75) is 70.6 Å². The molecule has 0 aromatic carbocycles. The molecule has 7 N–H and O–H groups in total. The Labute approximate surface area is 169 Å². The van der Waals surface area contributed by atoms with Crippen LogP contribution in [0.2, 0.25) is 0 Å². The van der Waals surface area contributed by atoms with E-state index in [1.165, 1.54) is 11.8 Å². The van der Waals surface area contributed by atoms with Crippen LogP contribution in [0.3, 0.4) is 0 Å². The van der Waals surface area contributed by atoms with Crippen LogP contribution in [-0.2, 0) is 24.0 Å². The average Bonchev–Trinajstić information content (AvgIpc) is 3.08. The standard InChI is InChI=1S/C18H31N5O6/c1-9(2)7-11(19)15(25)22-12(8-14(20)24)17(27)23-6-4-5-13(23)16(26)21-10(3)18(28)29/h9-13H,4-8,19H2,1-3H3,(H2,20,24)(H,21,26)(H,22,25)(H,28,29)/t10-,11-,12-,13-/m0/s1. The first-order chi connectivity index (χ1) is 13.4. The molecule has 1 aliphatic rings. The maximum atomic E-state index is 13.0. The number of likely N-dealkylation sites (tertiary alicyclic amines) is 1. The summed E-state index contributed by atoms with van der Waals surface area (Å²) in [7, 11) is 0. The molecular formula is C18H31N5O6. The van der Waals surface area contributed by atoms with Crippen LogP contribution < -0.4 is 22.1 Å². The van der Waals surface area contributed by atoms with E-state index in [4.69, 9.17) is 16.6 Å². The van der Waals surface area contributed by atoms with E-state index in [2.05, 4.69) is 10.6 Å². The zero-order valence-corrected chi connectivity index (χ0v) is 17.0. The molecule has 1 heterocycles. The third-order valence-electron chi connectivity index (χ3n) is 4.65. The van der Waals surface area contributed by atoms with Crippen LogP contribution in [0.4, 0.5) is 0 Å². The number of amides is 4. The number of carbonyl (C=O) groups is 5. The first kappa shape index (κ1) is 24.3. The quantitative estimate of drug-likeness (QED) is 0.282. The highest BCUT2D eigenvalue weighted by atomic mass is 16.4. The molecule has 0 aromatic heterocycles. The lowest BCUT2D eigenvalue weighted by Crippen LogP contribution is -2.57. The molecule has 1 saturated heterocycles. The van der Waals surface area contributed by atoms with E-state index < -0.39 is 60.2 Å². The van der Waals surface area contributed by atoms with Gasteiger partial charge in [-0.05, 0) is 32.1 Å². The molecule has 0 bridgehead atoms. The van der Waals surface area contributed by atoms with Gasteiger partial charge in [0, 0.05) is 6.54 Å². The van der Waals surface area contributed by atoms with Gasteiger partial charge in [0.25, 0.3) is 0 Å². The van der Waals surface area contributed by atoms with Crippen LogP contribution >= 0.6 is 0 Å². The Bertz CT molecular complexity index is 653. The molecule has 0 spiro atoms. The van der Waals surface area contributed by atoms with E-state index in [1.54, 1.807) is 0 Å². The number of hydrogen-bond acceptors (Lipinski definition) is 6. The number of rotatable bonds is 10. The second-order valence-corrected chi connectivity index (χ2v) is 7.73. The lowest BCUT2D eigenvalue weighted by atomic mass is 10.0. The van der Waals surface area contributed by atoms with Crippen LogP contribution in [-0.4, -0.2) is 70.3 Å². The normalized spacial score (nSPS) is 19.3. The highest BCUT2D eigenvalue weighted by molar-refractivity contribution is 5.96. The van der Waals surface area contributed by atoms with Crippen molar-refractivity contribution < 1.29 is 29.1 Å². The smallest absolute Gasteiger partial charge is 0.325 e. The largest absolute Gasteiger partial charge is 0.480 e. The molecule has 1 fully saturated rings. The van der Waals surface area contributed by atoms with Crippen molar-refractivity contribution >= 4 is 29.6 Å². The highest BCUT2D eigenvalue weighted by Gasteiger charge is 2.39. The summed E-state index contributed by atoms with van der Waals surface area (Å²) in [6.45, 7) is 5.34. The van der Waals surface area contributed by atoms with Crippen molar-refractivity contribution in [2.24, 2.45) is 17.4 Å². The molecule has 0 saturated carbocycles. The van der Waals surface area contributed by atoms with Crippen molar-refractivity contribution in [3.8, 4) is 0 Å². The maximum Gasteiger partial charge on any atom is 0.325 e. The summed E-state index contributed by atoms with van der Waals surface area (Å²) >= 11 is 0. The summed E-state index contributed by atoms with van der Waals surface area (Å²) in [5.74, 6) is -3.66. The molecule has 11 nitrogen and oxygen atoms in total. The molecule has 1 rings (SSSR count).